The number of aromatic nitrogens is 6. The molecule has 126 valence electrons. The summed E-state index contributed by atoms with van der Waals surface area (Å²) in [5, 5.41) is 11.5. The number of aryl methyl sites for hydroxylation is 1. The van der Waals surface area contributed by atoms with Crippen molar-refractivity contribution >= 4 is 5.91 Å². The molecule has 0 spiro atoms. The molecule has 0 saturated heterocycles. The number of carbonyl (C=O) groups excluding carboxylic acids is 1. The number of nitrogens with one attached hydrogen (secondary N) is 2. The molecule has 2 aromatic rings. The van der Waals surface area contributed by atoms with E-state index in [0.29, 0.717) is 0 Å². The number of hydrogen-bond donors (Lipinski definition) is 3. The van der Waals surface area contributed by atoms with E-state index in [9.17, 15) is 18.0 Å². The van der Waals surface area contributed by atoms with Crippen LogP contribution in [0, 0.1) is 6.92 Å². The van der Waals surface area contributed by atoms with Gasteiger partial charge in [0.15, 0.2) is 0 Å². The smallest absolute Gasteiger partial charge is 0.347 e. The summed E-state index contributed by atoms with van der Waals surface area (Å²) >= 11 is 0. The topological polar surface area (TPSA) is 127 Å². The highest BCUT2D eigenvalue weighted by Gasteiger charge is 2.35. The first-order valence-electron chi connectivity index (χ1n) is 6.48. The Hall–Kier alpha value is -2.50. The fraction of sp³-hybridized carbons (Fsp3) is 0.545. The largest absolute Gasteiger partial charge is 0.451 e. The average Bonchev–Trinajstić information content (AvgIpc) is 3.00. The summed E-state index contributed by atoms with van der Waals surface area (Å²) in [4.78, 5) is 19.1. The zero-order valence-corrected chi connectivity index (χ0v) is 12.6. The van der Waals surface area contributed by atoms with E-state index in [-0.39, 0.29) is 24.1 Å². The van der Waals surface area contributed by atoms with Gasteiger partial charge in [0.05, 0.1) is 0 Å². The van der Waals surface area contributed by atoms with Crippen molar-refractivity contribution in [1.82, 2.24) is 35.3 Å². The van der Waals surface area contributed by atoms with Crippen molar-refractivity contribution in [2.75, 3.05) is 6.54 Å². The molecule has 0 aliphatic carbocycles. The summed E-state index contributed by atoms with van der Waals surface area (Å²) < 4.78 is 38.5. The molecule has 1 amide bonds. The first-order valence-corrected chi connectivity index (χ1v) is 6.48. The van der Waals surface area contributed by atoms with E-state index in [4.69, 9.17) is 5.73 Å². The van der Waals surface area contributed by atoms with Gasteiger partial charge in [-0.05, 0) is 20.8 Å². The lowest BCUT2D eigenvalue weighted by Gasteiger charge is -2.17. The summed E-state index contributed by atoms with van der Waals surface area (Å²) in [5.41, 5.74) is 5.11. The second-order valence-corrected chi connectivity index (χ2v) is 5.55. The Morgan fingerprint density at radius 2 is 2.00 bits per heavy atom. The number of nitrogens with two attached hydrogens (primary N) is 1. The first kappa shape index (κ1) is 16.9. The van der Waals surface area contributed by atoms with Gasteiger partial charge in [-0.3, -0.25) is 9.89 Å². The van der Waals surface area contributed by atoms with E-state index < -0.39 is 23.4 Å². The number of hydrogen-bond acceptors (Lipinski definition) is 6. The fourth-order valence-electron chi connectivity index (χ4n) is 1.54. The molecule has 0 aliphatic rings. The third kappa shape index (κ3) is 4.03. The predicted molar refractivity (Wildman–Crippen MR) is 71.6 cm³/mol. The van der Waals surface area contributed by atoms with Crippen LogP contribution in [0.1, 0.15) is 36.1 Å². The summed E-state index contributed by atoms with van der Waals surface area (Å²) in [5.74, 6) is -2.28. The fourth-order valence-corrected chi connectivity index (χ4v) is 1.54. The van der Waals surface area contributed by atoms with Gasteiger partial charge in [0, 0.05) is 12.1 Å². The Bertz CT molecular complexity index is 712. The molecule has 0 bridgehead atoms. The molecule has 0 unspecified atom stereocenters. The van der Waals surface area contributed by atoms with E-state index in [0.717, 1.165) is 4.68 Å². The summed E-state index contributed by atoms with van der Waals surface area (Å²) in [6, 6.07) is 0. The molecule has 4 N–H and O–H groups in total. The minimum atomic E-state index is -4.66. The van der Waals surface area contributed by atoms with Gasteiger partial charge in [-0.25, -0.2) is 4.98 Å². The van der Waals surface area contributed by atoms with Crippen LogP contribution >= 0.6 is 0 Å². The lowest BCUT2D eigenvalue weighted by atomic mass is 10.1. The molecule has 0 radical (unpaired) electrons. The maximum Gasteiger partial charge on any atom is 0.451 e. The van der Waals surface area contributed by atoms with Crippen LogP contribution in [0.3, 0.4) is 0 Å². The predicted octanol–water partition coefficient (Wildman–Crippen LogP) is 0.180. The van der Waals surface area contributed by atoms with Crippen molar-refractivity contribution in [3.05, 3.63) is 17.5 Å². The number of alkyl halides is 3. The Labute approximate surface area is 128 Å². The van der Waals surface area contributed by atoms with Crippen LogP contribution in [-0.4, -0.2) is 47.9 Å². The maximum atomic E-state index is 12.5. The van der Waals surface area contributed by atoms with Gasteiger partial charge in [-0.1, -0.05) is 0 Å². The summed E-state index contributed by atoms with van der Waals surface area (Å²) in [7, 11) is 0. The number of H-pyrrole nitrogens is 1. The highest BCUT2D eigenvalue weighted by molar-refractivity contribution is 5.90. The molecule has 0 aliphatic heterocycles. The molecule has 9 nitrogen and oxygen atoms in total. The van der Waals surface area contributed by atoms with Crippen LogP contribution < -0.4 is 11.1 Å². The number of rotatable bonds is 4. The zero-order valence-electron chi connectivity index (χ0n) is 12.6. The SMILES string of the molecule is Cc1nc(C(=O)NCC(C)(C)N)nn1-c1n[nH]c(C(F)(F)F)n1. The Morgan fingerprint density at radius 1 is 1.35 bits per heavy atom. The average molecular weight is 332 g/mol. The van der Waals surface area contributed by atoms with Crippen molar-refractivity contribution in [3.63, 3.8) is 0 Å². The molecule has 2 rings (SSSR count). The van der Waals surface area contributed by atoms with E-state index >= 15 is 0 Å². The second kappa shape index (κ2) is 5.61. The number of amides is 1. The Balaban J connectivity index is 2.21. The molecule has 2 heterocycles. The van der Waals surface area contributed by atoms with Crippen LogP contribution in [0.25, 0.3) is 5.95 Å². The standard InChI is InChI=1S/C11H15F3N8O/c1-5-17-6(7(23)16-4-10(2,3)15)21-22(5)9-18-8(19-20-9)11(12,13)14/h4,15H2,1-3H3,(H,16,23)(H,18,19,20). The number of aromatic amines is 1. The highest BCUT2D eigenvalue weighted by Crippen LogP contribution is 2.26. The lowest BCUT2D eigenvalue weighted by molar-refractivity contribution is -0.144. The quantitative estimate of drug-likeness (QED) is 0.733. The van der Waals surface area contributed by atoms with Crippen LogP contribution in [0.5, 0.6) is 0 Å². The van der Waals surface area contributed by atoms with Gasteiger partial charge < -0.3 is 11.1 Å². The molecule has 23 heavy (non-hydrogen) atoms. The van der Waals surface area contributed by atoms with Gasteiger partial charge in [-0.15, -0.1) is 10.2 Å². The number of carbonyl (C=O) groups is 1. The van der Waals surface area contributed by atoms with Gasteiger partial charge in [0.25, 0.3) is 11.9 Å². The van der Waals surface area contributed by atoms with Crippen LogP contribution in [-0.2, 0) is 6.18 Å². The van der Waals surface area contributed by atoms with E-state index in [1.54, 1.807) is 18.9 Å². The highest BCUT2D eigenvalue weighted by atomic mass is 19.4. The monoisotopic (exact) mass is 332 g/mol. The molecule has 0 aromatic carbocycles. The van der Waals surface area contributed by atoms with Crippen molar-refractivity contribution in [2.24, 2.45) is 5.73 Å². The lowest BCUT2D eigenvalue weighted by Crippen LogP contribution is -2.45. The van der Waals surface area contributed by atoms with Crippen molar-refractivity contribution < 1.29 is 18.0 Å². The second-order valence-electron chi connectivity index (χ2n) is 5.55. The number of nitrogens with zero attached hydrogens (tertiary/aromatic N) is 5. The summed E-state index contributed by atoms with van der Waals surface area (Å²) in [6.45, 7) is 5.08. The van der Waals surface area contributed by atoms with Gasteiger partial charge in [0.1, 0.15) is 5.82 Å². The van der Waals surface area contributed by atoms with Crippen molar-refractivity contribution in [3.8, 4) is 5.95 Å². The minimum Gasteiger partial charge on any atom is -0.347 e. The van der Waals surface area contributed by atoms with Crippen LogP contribution in [0.2, 0.25) is 0 Å². The van der Waals surface area contributed by atoms with Crippen LogP contribution in [0.4, 0.5) is 13.2 Å². The van der Waals surface area contributed by atoms with E-state index in [2.05, 4.69) is 25.5 Å². The Morgan fingerprint density at radius 3 is 2.52 bits per heavy atom. The molecular formula is C11H15F3N8O. The molecule has 0 saturated carbocycles. The van der Waals surface area contributed by atoms with Gasteiger partial charge in [-0.2, -0.15) is 22.8 Å². The third-order valence-corrected chi connectivity index (χ3v) is 2.61. The first-order chi connectivity index (χ1) is 10.5. The molecule has 0 atom stereocenters. The Kier molecular flexibility index (Phi) is 4.11. The number of halogens is 3. The van der Waals surface area contributed by atoms with Crippen molar-refractivity contribution in [1.29, 1.82) is 0 Å². The summed E-state index contributed by atoms with van der Waals surface area (Å²) in [6.07, 6.45) is -4.66. The zero-order chi connectivity index (χ0) is 17.4. The van der Waals surface area contributed by atoms with E-state index in [1.165, 1.54) is 6.92 Å². The van der Waals surface area contributed by atoms with Gasteiger partial charge >= 0.3 is 6.18 Å². The third-order valence-electron chi connectivity index (χ3n) is 2.61. The minimum absolute atomic E-state index is 0.162. The molecule has 12 heteroatoms. The van der Waals surface area contributed by atoms with Crippen LogP contribution in [0.15, 0.2) is 0 Å². The van der Waals surface area contributed by atoms with E-state index in [1.807, 2.05) is 0 Å². The van der Waals surface area contributed by atoms with Gasteiger partial charge in [0.2, 0.25) is 11.6 Å². The molecule has 2 aromatic heterocycles. The molecular weight excluding hydrogens is 317 g/mol. The molecule has 0 fully saturated rings. The maximum absolute atomic E-state index is 12.5. The van der Waals surface area contributed by atoms with Crippen molar-refractivity contribution in [2.45, 2.75) is 32.5 Å². The normalized spacial score (nSPS) is 12.5.